The van der Waals surface area contributed by atoms with Crippen molar-refractivity contribution >= 4 is 16.9 Å². The minimum absolute atomic E-state index is 0.0768. The molecule has 3 rings (SSSR count). The van der Waals surface area contributed by atoms with E-state index in [-0.39, 0.29) is 12.5 Å². The number of aliphatic hydroxyl groups is 2. The Hall–Kier alpha value is -1.92. The number of para-hydroxylation sites is 1. The van der Waals surface area contributed by atoms with E-state index in [2.05, 4.69) is 9.97 Å². The van der Waals surface area contributed by atoms with Gasteiger partial charge in [-0.3, -0.25) is 4.79 Å². The minimum atomic E-state index is -1.05. The van der Waals surface area contributed by atoms with Crippen LogP contribution in [0, 0.1) is 6.92 Å². The van der Waals surface area contributed by atoms with Gasteiger partial charge in [0.1, 0.15) is 11.3 Å². The molecule has 0 atom stereocenters. The van der Waals surface area contributed by atoms with Crippen LogP contribution in [0.15, 0.2) is 18.2 Å². The summed E-state index contributed by atoms with van der Waals surface area (Å²) in [7, 11) is 0. The molecule has 0 bridgehead atoms. The number of hydrogen-bond donors (Lipinski definition) is 3. The molecule has 1 aliphatic heterocycles. The Balaban J connectivity index is 1.85. The number of carbonyl (C=O) groups is 1. The number of H-pyrrole nitrogens is 1. The molecule has 2 heterocycles. The highest BCUT2D eigenvalue weighted by Gasteiger charge is 2.33. The zero-order valence-corrected chi connectivity index (χ0v) is 12.0. The van der Waals surface area contributed by atoms with Gasteiger partial charge in [-0.1, -0.05) is 6.07 Å². The highest BCUT2D eigenvalue weighted by atomic mass is 16.3. The topological polar surface area (TPSA) is 89.5 Å². The molecule has 0 spiro atoms. The van der Waals surface area contributed by atoms with Crippen molar-refractivity contribution in [3.63, 3.8) is 0 Å². The van der Waals surface area contributed by atoms with E-state index in [9.17, 15) is 9.90 Å². The maximum Gasteiger partial charge on any atom is 0.256 e. The lowest BCUT2D eigenvalue weighted by Crippen LogP contribution is -2.48. The van der Waals surface area contributed by atoms with Gasteiger partial charge in [0.15, 0.2) is 0 Å². The summed E-state index contributed by atoms with van der Waals surface area (Å²) in [4.78, 5) is 21.9. The first-order chi connectivity index (χ1) is 10.0. The van der Waals surface area contributed by atoms with Gasteiger partial charge < -0.3 is 20.1 Å². The molecular weight excluding hydrogens is 270 g/mol. The molecule has 6 heteroatoms. The number of imidazole rings is 1. The maximum absolute atomic E-state index is 12.7. The minimum Gasteiger partial charge on any atom is -0.393 e. The Morgan fingerprint density at radius 2 is 2.14 bits per heavy atom. The van der Waals surface area contributed by atoms with Gasteiger partial charge >= 0.3 is 0 Å². The number of benzene rings is 1. The first-order valence-electron chi connectivity index (χ1n) is 7.10. The predicted octanol–water partition coefficient (Wildman–Crippen LogP) is 0.831. The highest BCUT2D eigenvalue weighted by Crippen LogP contribution is 2.24. The zero-order chi connectivity index (χ0) is 15.0. The number of aromatic amines is 1. The van der Waals surface area contributed by atoms with E-state index < -0.39 is 5.60 Å². The smallest absolute Gasteiger partial charge is 0.256 e. The molecule has 0 saturated carbocycles. The van der Waals surface area contributed by atoms with Gasteiger partial charge in [0.25, 0.3) is 5.91 Å². The quantitative estimate of drug-likeness (QED) is 0.764. The predicted molar refractivity (Wildman–Crippen MR) is 78.0 cm³/mol. The van der Waals surface area contributed by atoms with Crippen LogP contribution in [0.2, 0.25) is 0 Å². The van der Waals surface area contributed by atoms with Crippen LogP contribution in [0.1, 0.15) is 29.0 Å². The van der Waals surface area contributed by atoms with E-state index in [0.29, 0.717) is 37.0 Å². The molecular formula is C15H19N3O3. The molecule has 21 heavy (non-hydrogen) atoms. The fourth-order valence-electron chi connectivity index (χ4n) is 2.78. The molecule has 2 aromatic rings. The Morgan fingerprint density at radius 3 is 2.81 bits per heavy atom. The summed E-state index contributed by atoms with van der Waals surface area (Å²) in [6.07, 6.45) is 0.787. The lowest BCUT2D eigenvalue weighted by molar-refractivity contribution is -0.0546. The number of nitrogens with one attached hydrogen (secondary N) is 1. The average molecular weight is 289 g/mol. The number of hydrogen-bond acceptors (Lipinski definition) is 4. The lowest BCUT2D eigenvalue weighted by Gasteiger charge is -2.37. The number of nitrogens with zero attached hydrogens (tertiary/aromatic N) is 2. The SMILES string of the molecule is Cc1nc2c(C(=O)N3CCC(O)(CO)CC3)cccc2[nH]1. The first kappa shape index (κ1) is 14.0. The molecule has 6 nitrogen and oxygen atoms in total. The normalized spacial score (nSPS) is 18.1. The molecule has 1 saturated heterocycles. The molecule has 0 aliphatic carbocycles. The number of aromatic nitrogens is 2. The third-order valence-electron chi connectivity index (χ3n) is 4.14. The van der Waals surface area contributed by atoms with Crippen LogP contribution in [-0.4, -0.2) is 56.3 Å². The Bertz CT molecular complexity index is 672. The number of carbonyl (C=O) groups excluding carboxylic acids is 1. The molecule has 1 aromatic heterocycles. The Morgan fingerprint density at radius 1 is 1.43 bits per heavy atom. The Kier molecular flexibility index (Phi) is 3.43. The number of aliphatic hydroxyl groups excluding tert-OH is 1. The number of piperidine rings is 1. The third-order valence-corrected chi connectivity index (χ3v) is 4.14. The van der Waals surface area contributed by atoms with Gasteiger partial charge in [0.05, 0.1) is 23.3 Å². The van der Waals surface area contributed by atoms with Gasteiger partial charge in [-0.05, 0) is 31.9 Å². The van der Waals surface area contributed by atoms with Crippen molar-refractivity contribution in [3.8, 4) is 0 Å². The summed E-state index contributed by atoms with van der Waals surface area (Å²) in [5.41, 5.74) is 1.06. The lowest BCUT2D eigenvalue weighted by atomic mass is 9.92. The van der Waals surface area contributed by atoms with E-state index in [1.807, 2.05) is 19.1 Å². The zero-order valence-electron chi connectivity index (χ0n) is 12.0. The van der Waals surface area contributed by atoms with Crippen molar-refractivity contribution in [1.82, 2.24) is 14.9 Å². The maximum atomic E-state index is 12.7. The molecule has 1 amide bonds. The summed E-state index contributed by atoms with van der Waals surface area (Å²) >= 11 is 0. The summed E-state index contributed by atoms with van der Waals surface area (Å²) in [6, 6.07) is 5.51. The average Bonchev–Trinajstić information content (AvgIpc) is 2.87. The number of fused-ring (bicyclic) bond motifs is 1. The molecule has 0 radical (unpaired) electrons. The third kappa shape index (κ3) is 2.52. The standard InChI is InChI=1S/C15H19N3O3/c1-10-16-12-4-2-3-11(13(12)17-10)14(20)18-7-5-15(21,9-19)6-8-18/h2-4,19,21H,5-9H2,1H3,(H,16,17). The number of aryl methyl sites for hydroxylation is 1. The Labute approximate surface area is 122 Å². The summed E-state index contributed by atoms with van der Waals surface area (Å²) < 4.78 is 0. The van der Waals surface area contributed by atoms with Crippen LogP contribution in [0.4, 0.5) is 0 Å². The fraction of sp³-hybridized carbons (Fsp3) is 0.467. The largest absolute Gasteiger partial charge is 0.393 e. The van der Waals surface area contributed by atoms with Crippen LogP contribution in [0.5, 0.6) is 0 Å². The van der Waals surface area contributed by atoms with Crippen molar-refractivity contribution in [2.75, 3.05) is 19.7 Å². The molecule has 3 N–H and O–H groups in total. The summed E-state index contributed by atoms with van der Waals surface area (Å²) in [5.74, 6) is 0.700. The molecule has 112 valence electrons. The van der Waals surface area contributed by atoms with E-state index in [1.165, 1.54) is 0 Å². The van der Waals surface area contributed by atoms with Crippen molar-refractivity contribution in [2.45, 2.75) is 25.4 Å². The second-order valence-corrected chi connectivity index (χ2v) is 5.70. The van der Waals surface area contributed by atoms with Gasteiger partial charge in [0, 0.05) is 13.1 Å². The van der Waals surface area contributed by atoms with Gasteiger partial charge in [0.2, 0.25) is 0 Å². The fourth-order valence-corrected chi connectivity index (χ4v) is 2.78. The van der Waals surface area contributed by atoms with Crippen molar-refractivity contribution in [1.29, 1.82) is 0 Å². The number of rotatable bonds is 2. The highest BCUT2D eigenvalue weighted by molar-refractivity contribution is 6.04. The van der Waals surface area contributed by atoms with Gasteiger partial charge in [-0.15, -0.1) is 0 Å². The second kappa shape index (κ2) is 5.13. The van der Waals surface area contributed by atoms with Crippen molar-refractivity contribution < 1.29 is 15.0 Å². The van der Waals surface area contributed by atoms with E-state index in [1.54, 1.807) is 11.0 Å². The van der Waals surface area contributed by atoms with E-state index in [4.69, 9.17) is 5.11 Å². The molecule has 1 fully saturated rings. The van der Waals surface area contributed by atoms with Crippen molar-refractivity contribution in [2.24, 2.45) is 0 Å². The van der Waals surface area contributed by atoms with Crippen LogP contribution in [0.3, 0.4) is 0 Å². The van der Waals surface area contributed by atoms with Crippen LogP contribution in [-0.2, 0) is 0 Å². The second-order valence-electron chi connectivity index (χ2n) is 5.70. The molecule has 0 unspecified atom stereocenters. The monoisotopic (exact) mass is 289 g/mol. The van der Waals surface area contributed by atoms with Gasteiger partial charge in [-0.2, -0.15) is 0 Å². The van der Waals surface area contributed by atoms with Crippen LogP contribution >= 0.6 is 0 Å². The number of amides is 1. The van der Waals surface area contributed by atoms with E-state index >= 15 is 0 Å². The number of likely N-dealkylation sites (tertiary alicyclic amines) is 1. The first-order valence-corrected chi connectivity index (χ1v) is 7.10. The van der Waals surface area contributed by atoms with E-state index in [0.717, 1.165) is 11.3 Å². The summed E-state index contributed by atoms with van der Waals surface area (Å²) in [6.45, 7) is 2.48. The van der Waals surface area contributed by atoms with Crippen molar-refractivity contribution in [3.05, 3.63) is 29.6 Å². The molecule has 1 aromatic carbocycles. The van der Waals surface area contributed by atoms with Crippen LogP contribution in [0.25, 0.3) is 11.0 Å². The molecule has 1 aliphatic rings. The summed E-state index contributed by atoms with van der Waals surface area (Å²) in [5, 5.41) is 19.2. The van der Waals surface area contributed by atoms with Crippen LogP contribution < -0.4 is 0 Å². The van der Waals surface area contributed by atoms with Gasteiger partial charge in [-0.25, -0.2) is 4.98 Å².